The summed E-state index contributed by atoms with van der Waals surface area (Å²) in [6.45, 7) is 4.15. The number of hydrogen-bond acceptors (Lipinski definition) is 4. The Morgan fingerprint density at radius 1 is 0.781 bits per heavy atom. The number of rotatable bonds is 11. The van der Waals surface area contributed by atoms with E-state index < -0.39 is 0 Å². The monoisotopic (exact) mass is 430 g/mol. The fourth-order valence-electron chi connectivity index (χ4n) is 3.69. The normalized spacial score (nSPS) is 10.9. The fraction of sp³-hybridized carbons (Fsp3) is 0.296. The molecule has 0 atom stereocenters. The largest absolute Gasteiger partial charge is 0.497 e. The van der Waals surface area contributed by atoms with E-state index in [2.05, 4.69) is 41.8 Å². The lowest BCUT2D eigenvalue weighted by Crippen LogP contribution is -2.09. The molecule has 1 aromatic heterocycles. The van der Waals surface area contributed by atoms with E-state index in [0.29, 0.717) is 13.2 Å². The Balaban J connectivity index is 1.35. The van der Waals surface area contributed by atoms with E-state index in [-0.39, 0.29) is 0 Å². The van der Waals surface area contributed by atoms with Gasteiger partial charge in [0.1, 0.15) is 29.7 Å². The highest BCUT2D eigenvalue weighted by molar-refractivity contribution is 5.75. The van der Waals surface area contributed by atoms with E-state index in [4.69, 9.17) is 19.2 Å². The van der Waals surface area contributed by atoms with Gasteiger partial charge < -0.3 is 18.8 Å². The molecule has 32 heavy (non-hydrogen) atoms. The number of aromatic nitrogens is 2. The fourth-order valence-corrected chi connectivity index (χ4v) is 3.69. The molecule has 0 aliphatic carbocycles. The lowest BCUT2D eigenvalue weighted by Gasteiger charge is -2.11. The number of para-hydroxylation sites is 2. The second-order valence-electron chi connectivity index (χ2n) is 7.69. The molecule has 0 unspecified atom stereocenters. The Morgan fingerprint density at radius 2 is 1.47 bits per heavy atom. The highest BCUT2D eigenvalue weighted by Gasteiger charge is 2.11. The number of unbranched alkanes of at least 4 members (excludes halogenated alkanes) is 1. The zero-order valence-electron chi connectivity index (χ0n) is 18.8. The Labute approximate surface area is 189 Å². The molecule has 0 saturated carbocycles. The van der Waals surface area contributed by atoms with Crippen molar-refractivity contribution >= 4 is 11.0 Å². The quantitative estimate of drug-likeness (QED) is 0.272. The van der Waals surface area contributed by atoms with Crippen LogP contribution < -0.4 is 14.2 Å². The van der Waals surface area contributed by atoms with Gasteiger partial charge >= 0.3 is 0 Å². The molecule has 166 valence electrons. The Morgan fingerprint density at radius 3 is 2.22 bits per heavy atom. The highest BCUT2D eigenvalue weighted by atomic mass is 16.5. The van der Waals surface area contributed by atoms with E-state index in [9.17, 15) is 0 Å². The summed E-state index contributed by atoms with van der Waals surface area (Å²) in [6.07, 6.45) is 2.98. The second-order valence-corrected chi connectivity index (χ2v) is 7.69. The van der Waals surface area contributed by atoms with Crippen LogP contribution in [0.25, 0.3) is 11.0 Å². The maximum atomic E-state index is 6.05. The van der Waals surface area contributed by atoms with Crippen molar-refractivity contribution in [1.82, 2.24) is 9.55 Å². The van der Waals surface area contributed by atoms with Crippen LogP contribution in [-0.2, 0) is 19.6 Å². The van der Waals surface area contributed by atoms with Crippen LogP contribution in [-0.4, -0.2) is 23.3 Å². The van der Waals surface area contributed by atoms with Gasteiger partial charge in [-0.15, -0.1) is 0 Å². The number of methoxy groups -OCH3 is 1. The maximum absolute atomic E-state index is 6.05. The minimum absolute atomic E-state index is 0.447. The van der Waals surface area contributed by atoms with E-state index in [1.54, 1.807) is 7.11 Å². The van der Waals surface area contributed by atoms with Gasteiger partial charge in [-0.1, -0.05) is 31.2 Å². The van der Waals surface area contributed by atoms with E-state index in [1.807, 2.05) is 42.5 Å². The van der Waals surface area contributed by atoms with Crippen molar-refractivity contribution in [3.8, 4) is 17.2 Å². The molecule has 0 radical (unpaired) electrons. The van der Waals surface area contributed by atoms with Gasteiger partial charge in [0.2, 0.25) is 0 Å². The molecule has 0 aliphatic heterocycles. The summed E-state index contributed by atoms with van der Waals surface area (Å²) in [4.78, 5) is 4.82. The van der Waals surface area contributed by atoms with Crippen LogP contribution in [0.1, 0.15) is 31.2 Å². The van der Waals surface area contributed by atoms with Gasteiger partial charge in [0.25, 0.3) is 0 Å². The van der Waals surface area contributed by atoms with Crippen LogP contribution in [0.2, 0.25) is 0 Å². The van der Waals surface area contributed by atoms with Crippen molar-refractivity contribution in [3.63, 3.8) is 0 Å². The van der Waals surface area contributed by atoms with Gasteiger partial charge in [-0.3, -0.25) is 0 Å². The van der Waals surface area contributed by atoms with Gasteiger partial charge in [-0.05, 0) is 73.4 Å². The average molecular weight is 431 g/mol. The SMILES string of the molecule is CCc1ccc(OCc2nc3ccccc3n2CCCCOc2ccc(OC)cc2)cc1. The van der Waals surface area contributed by atoms with Crippen LogP contribution in [0.4, 0.5) is 0 Å². The van der Waals surface area contributed by atoms with Crippen LogP contribution in [0.5, 0.6) is 17.2 Å². The molecule has 4 aromatic rings. The van der Waals surface area contributed by atoms with Gasteiger partial charge in [-0.2, -0.15) is 0 Å². The zero-order chi connectivity index (χ0) is 22.2. The first-order valence-electron chi connectivity index (χ1n) is 11.2. The van der Waals surface area contributed by atoms with Crippen LogP contribution >= 0.6 is 0 Å². The molecule has 0 saturated heterocycles. The van der Waals surface area contributed by atoms with Crippen LogP contribution in [0.15, 0.2) is 72.8 Å². The summed E-state index contributed by atoms with van der Waals surface area (Å²) >= 11 is 0. The van der Waals surface area contributed by atoms with Crippen molar-refractivity contribution in [2.24, 2.45) is 0 Å². The topological polar surface area (TPSA) is 45.5 Å². The molecular formula is C27H30N2O3. The van der Waals surface area contributed by atoms with Crippen molar-refractivity contribution < 1.29 is 14.2 Å². The standard InChI is InChI=1S/C27H30N2O3/c1-3-21-10-12-24(13-11-21)32-20-27-28-25-8-4-5-9-26(25)29(27)18-6-7-19-31-23-16-14-22(30-2)15-17-23/h4-5,8-17H,3,6-7,18-20H2,1-2H3. The minimum atomic E-state index is 0.447. The second kappa shape index (κ2) is 10.7. The number of nitrogens with zero attached hydrogens (tertiary/aromatic N) is 2. The van der Waals surface area contributed by atoms with Gasteiger partial charge in [0.15, 0.2) is 0 Å². The van der Waals surface area contributed by atoms with Crippen molar-refractivity contribution in [2.45, 2.75) is 39.3 Å². The summed E-state index contributed by atoms with van der Waals surface area (Å²) in [7, 11) is 1.66. The molecule has 3 aromatic carbocycles. The van der Waals surface area contributed by atoms with Gasteiger partial charge in [-0.25, -0.2) is 4.98 Å². The molecule has 0 N–H and O–H groups in total. The number of imidazole rings is 1. The van der Waals surface area contributed by atoms with Crippen molar-refractivity contribution in [2.75, 3.05) is 13.7 Å². The first kappa shape index (κ1) is 21.8. The summed E-state index contributed by atoms with van der Waals surface area (Å²) in [5.41, 5.74) is 3.45. The molecule has 0 bridgehead atoms. The van der Waals surface area contributed by atoms with Crippen LogP contribution in [0, 0.1) is 0 Å². The molecule has 0 amide bonds. The third kappa shape index (κ3) is 5.41. The zero-order valence-corrected chi connectivity index (χ0v) is 18.8. The molecule has 5 nitrogen and oxygen atoms in total. The summed E-state index contributed by atoms with van der Waals surface area (Å²) in [6, 6.07) is 24.2. The highest BCUT2D eigenvalue weighted by Crippen LogP contribution is 2.20. The predicted molar refractivity (Wildman–Crippen MR) is 128 cm³/mol. The van der Waals surface area contributed by atoms with Gasteiger partial charge in [0, 0.05) is 6.54 Å². The minimum Gasteiger partial charge on any atom is -0.497 e. The number of benzene rings is 3. The Kier molecular flexibility index (Phi) is 7.28. The molecule has 1 heterocycles. The van der Waals surface area contributed by atoms with E-state index in [1.165, 1.54) is 5.56 Å². The lowest BCUT2D eigenvalue weighted by atomic mass is 10.2. The molecule has 0 fully saturated rings. The molecule has 5 heteroatoms. The summed E-state index contributed by atoms with van der Waals surface area (Å²) < 4.78 is 19.4. The Hall–Kier alpha value is -3.47. The van der Waals surface area contributed by atoms with Crippen molar-refractivity contribution in [1.29, 1.82) is 0 Å². The molecule has 0 spiro atoms. The summed E-state index contributed by atoms with van der Waals surface area (Å²) in [5.74, 6) is 3.51. The Bertz CT molecular complexity index is 1120. The first-order chi connectivity index (χ1) is 15.8. The third-order valence-electron chi connectivity index (χ3n) is 5.54. The van der Waals surface area contributed by atoms with E-state index in [0.717, 1.165) is 59.9 Å². The van der Waals surface area contributed by atoms with Crippen LogP contribution in [0.3, 0.4) is 0 Å². The number of fused-ring (bicyclic) bond motifs is 1. The number of aryl methyl sites for hydroxylation is 2. The number of ether oxygens (including phenoxy) is 3. The van der Waals surface area contributed by atoms with E-state index >= 15 is 0 Å². The maximum Gasteiger partial charge on any atom is 0.147 e. The number of hydrogen-bond donors (Lipinski definition) is 0. The average Bonchev–Trinajstić information content (AvgIpc) is 3.20. The molecule has 4 rings (SSSR count). The smallest absolute Gasteiger partial charge is 0.147 e. The first-order valence-corrected chi connectivity index (χ1v) is 11.2. The van der Waals surface area contributed by atoms with Crippen molar-refractivity contribution in [3.05, 3.63) is 84.2 Å². The molecular weight excluding hydrogens is 400 g/mol. The summed E-state index contributed by atoms with van der Waals surface area (Å²) in [5, 5.41) is 0. The molecule has 0 aliphatic rings. The lowest BCUT2D eigenvalue weighted by molar-refractivity contribution is 0.285. The predicted octanol–water partition coefficient (Wildman–Crippen LogP) is 6.05. The van der Waals surface area contributed by atoms with Gasteiger partial charge in [0.05, 0.1) is 24.8 Å². The third-order valence-corrected chi connectivity index (χ3v) is 5.54.